The van der Waals surface area contributed by atoms with E-state index in [2.05, 4.69) is 4.90 Å². The van der Waals surface area contributed by atoms with Crippen molar-refractivity contribution in [3.05, 3.63) is 33.9 Å². The summed E-state index contributed by atoms with van der Waals surface area (Å²) in [6.07, 6.45) is 7.29. The minimum Gasteiger partial charge on any atom is -0.372 e. The zero-order valence-corrected chi connectivity index (χ0v) is 12.7. The Bertz CT molecular complexity index is 534. The van der Waals surface area contributed by atoms with Crippen LogP contribution in [-0.4, -0.2) is 23.8 Å². The van der Waals surface area contributed by atoms with Gasteiger partial charge in [0.2, 0.25) is 0 Å². The molecule has 0 unspecified atom stereocenters. The summed E-state index contributed by atoms with van der Waals surface area (Å²) in [5, 5.41) is 11.0. The molecule has 0 atom stereocenters. The van der Waals surface area contributed by atoms with Crippen molar-refractivity contribution in [3.63, 3.8) is 0 Å². The highest BCUT2D eigenvalue weighted by Crippen LogP contribution is 2.29. The summed E-state index contributed by atoms with van der Waals surface area (Å²) < 4.78 is 0. The third-order valence-electron chi connectivity index (χ3n) is 4.34. The van der Waals surface area contributed by atoms with Gasteiger partial charge in [0.05, 0.1) is 10.5 Å². The molecule has 0 saturated heterocycles. The average Bonchev–Trinajstić information content (AvgIpc) is 2.74. The second-order valence-electron chi connectivity index (χ2n) is 5.77. The van der Waals surface area contributed by atoms with Gasteiger partial charge in [-0.05, 0) is 31.9 Å². The van der Waals surface area contributed by atoms with E-state index in [0.717, 1.165) is 18.5 Å². The van der Waals surface area contributed by atoms with E-state index in [1.165, 1.54) is 38.7 Å². The van der Waals surface area contributed by atoms with Crippen LogP contribution < -0.4 is 4.90 Å². The van der Waals surface area contributed by atoms with Crippen LogP contribution in [0.25, 0.3) is 0 Å². The lowest BCUT2D eigenvalue weighted by Crippen LogP contribution is -2.31. The Kier molecular flexibility index (Phi) is 4.94. The van der Waals surface area contributed by atoms with Crippen LogP contribution in [-0.2, 0) is 0 Å². The van der Waals surface area contributed by atoms with Gasteiger partial charge in [-0.15, -0.1) is 0 Å². The number of nitro groups is 1. The van der Waals surface area contributed by atoms with E-state index < -0.39 is 4.92 Å². The quantitative estimate of drug-likeness (QED) is 0.364. The van der Waals surface area contributed by atoms with E-state index in [1.807, 2.05) is 7.05 Å². The van der Waals surface area contributed by atoms with E-state index >= 15 is 0 Å². The van der Waals surface area contributed by atoms with Gasteiger partial charge in [0, 0.05) is 24.8 Å². The third kappa shape index (κ3) is 3.60. The average molecular weight is 290 g/mol. The minimum atomic E-state index is -0.494. The highest BCUT2D eigenvalue weighted by Gasteiger charge is 2.22. The Morgan fingerprint density at radius 2 is 1.86 bits per heavy atom. The molecule has 0 spiro atoms. The van der Waals surface area contributed by atoms with E-state index in [-0.39, 0.29) is 17.0 Å². The Hall–Kier alpha value is -1.91. The van der Waals surface area contributed by atoms with Crippen molar-refractivity contribution in [1.82, 2.24) is 0 Å². The maximum Gasteiger partial charge on any atom is 0.280 e. The monoisotopic (exact) mass is 290 g/mol. The van der Waals surface area contributed by atoms with Crippen LogP contribution >= 0.6 is 0 Å². The van der Waals surface area contributed by atoms with Crippen LogP contribution in [0.2, 0.25) is 0 Å². The second kappa shape index (κ2) is 6.70. The number of nitrogens with zero attached hydrogens (tertiary/aromatic N) is 2. The normalized spacial score (nSPS) is 16.3. The number of hydrogen-bond donors (Lipinski definition) is 0. The first kappa shape index (κ1) is 15.5. The molecular weight excluding hydrogens is 268 g/mol. The number of anilines is 1. The van der Waals surface area contributed by atoms with Crippen LogP contribution in [0.1, 0.15) is 55.8 Å². The Morgan fingerprint density at radius 1 is 1.24 bits per heavy atom. The molecule has 1 aliphatic carbocycles. The molecule has 2 rings (SSSR count). The summed E-state index contributed by atoms with van der Waals surface area (Å²) in [4.78, 5) is 24.3. The molecule has 0 aromatic heterocycles. The largest absolute Gasteiger partial charge is 0.372 e. The van der Waals surface area contributed by atoms with E-state index in [1.54, 1.807) is 12.1 Å². The van der Waals surface area contributed by atoms with E-state index in [4.69, 9.17) is 0 Å². The van der Waals surface area contributed by atoms with Crippen LogP contribution in [0.4, 0.5) is 11.4 Å². The lowest BCUT2D eigenvalue weighted by molar-refractivity contribution is -0.385. The Morgan fingerprint density at radius 3 is 2.38 bits per heavy atom. The van der Waals surface area contributed by atoms with Gasteiger partial charge in [-0.2, -0.15) is 0 Å². The molecule has 1 aromatic carbocycles. The van der Waals surface area contributed by atoms with Gasteiger partial charge in [-0.25, -0.2) is 0 Å². The fourth-order valence-corrected chi connectivity index (χ4v) is 3.04. The van der Waals surface area contributed by atoms with Gasteiger partial charge >= 0.3 is 0 Å². The summed E-state index contributed by atoms with van der Waals surface area (Å²) in [6, 6.07) is 5.30. The molecule has 0 bridgehead atoms. The van der Waals surface area contributed by atoms with Crippen molar-refractivity contribution in [2.75, 3.05) is 11.9 Å². The number of ketones is 1. The molecule has 1 aromatic rings. The predicted molar refractivity (Wildman–Crippen MR) is 83.0 cm³/mol. The van der Waals surface area contributed by atoms with Gasteiger partial charge in [0.15, 0.2) is 5.78 Å². The fourth-order valence-electron chi connectivity index (χ4n) is 3.04. The Balaban J connectivity index is 2.28. The molecule has 5 nitrogen and oxygen atoms in total. The molecule has 1 aliphatic rings. The zero-order chi connectivity index (χ0) is 15.4. The smallest absolute Gasteiger partial charge is 0.280 e. The van der Waals surface area contributed by atoms with Crippen LogP contribution in [0, 0.1) is 10.1 Å². The molecular formula is C16H22N2O3. The third-order valence-corrected chi connectivity index (χ3v) is 4.34. The fraction of sp³-hybridized carbons (Fsp3) is 0.562. The number of Topliss-reactive ketones (excluding diaryl/α,β-unsaturated/α-hetero) is 1. The van der Waals surface area contributed by atoms with Crippen molar-refractivity contribution < 1.29 is 9.72 Å². The molecule has 21 heavy (non-hydrogen) atoms. The van der Waals surface area contributed by atoms with Crippen molar-refractivity contribution in [2.24, 2.45) is 0 Å². The van der Waals surface area contributed by atoms with Gasteiger partial charge in [-0.1, -0.05) is 25.7 Å². The molecule has 0 heterocycles. The van der Waals surface area contributed by atoms with Crippen LogP contribution in [0.15, 0.2) is 18.2 Å². The SMILES string of the molecule is CC(=O)c1cc(N(C)C2CCCCCC2)ccc1[N+](=O)[O-]. The first-order valence-corrected chi connectivity index (χ1v) is 7.53. The number of nitro benzene ring substituents is 1. The van der Waals surface area contributed by atoms with Crippen LogP contribution in [0.3, 0.4) is 0 Å². The maximum atomic E-state index is 11.7. The standard InChI is InChI=1S/C16H22N2O3/c1-12(19)15-11-14(9-10-16(15)18(20)21)17(2)13-7-5-3-4-6-8-13/h9-11,13H,3-8H2,1-2H3. The zero-order valence-electron chi connectivity index (χ0n) is 12.7. The highest BCUT2D eigenvalue weighted by atomic mass is 16.6. The lowest BCUT2D eigenvalue weighted by Gasteiger charge is -2.29. The number of carbonyl (C=O) groups is 1. The van der Waals surface area contributed by atoms with Gasteiger partial charge < -0.3 is 4.90 Å². The van der Waals surface area contributed by atoms with E-state index in [0.29, 0.717) is 6.04 Å². The maximum absolute atomic E-state index is 11.7. The van der Waals surface area contributed by atoms with Crippen molar-refractivity contribution in [3.8, 4) is 0 Å². The summed E-state index contributed by atoms with van der Waals surface area (Å²) in [7, 11) is 2.01. The molecule has 0 N–H and O–H groups in total. The minimum absolute atomic E-state index is 0.111. The highest BCUT2D eigenvalue weighted by molar-refractivity contribution is 5.99. The van der Waals surface area contributed by atoms with E-state index in [9.17, 15) is 14.9 Å². The number of benzene rings is 1. The molecule has 0 aliphatic heterocycles. The number of hydrogen-bond acceptors (Lipinski definition) is 4. The molecule has 0 radical (unpaired) electrons. The molecule has 114 valence electrons. The first-order valence-electron chi connectivity index (χ1n) is 7.53. The number of carbonyl (C=O) groups excluding carboxylic acids is 1. The summed E-state index contributed by atoms with van der Waals surface area (Å²) in [5.74, 6) is -0.266. The molecule has 5 heteroatoms. The van der Waals surface area contributed by atoms with Crippen molar-refractivity contribution in [1.29, 1.82) is 0 Å². The summed E-state index contributed by atoms with van der Waals surface area (Å²) >= 11 is 0. The first-order chi connectivity index (χ1) is 10.0. The number of rotatable bonds is 4. The lowest BCUT2D eigenvalue weighted by atomic mass is 10.0. The summed E-state index contributed by atoms with van der Waals surface area (Å²) in [6.45, 7) is 1.37. The van der Waals surface area contributed by atoms with Gasteiger partial charge in [0.1, 0.15) is 0 Å². The second-order valence-corrected chi connectivity index (χ2v) is 5.77. The molecule has 1 fully saturated rings. The van der Waals surface area contributed by atoms with Gasteiger partial charge in [0.25, 0.3) is 5.69 Å². The predicted octanol–water partition coefficient (Wildman–Crippen LogP) is 3.96. The topological polar surface area (TPSA) is 63.5 Å². The summed E-state index contributed by atoms with van der Waals surface area (Å²) in [5.41, 5.74) is 0.969. The van der Waals surface area contributed by atoms with Crippen molar-refractivity contribution in [2.45, 2.75) is 51.5 Å². The van der Waals surface area contributed by atoms with Gasteiger partial charge in [-0.3, -0.25) is 14.9 Å². The molecule has 0 amide bonds. The Labute approximate surface area is 125 Å². The van der Waals surface area contributed by atoms with Crippen molar-refractivity contribution >= 4 is 17.2 Å². The van der Waals surface area contributed by atoms with Crippen LogP contribution in [0.5, 0.6) is 0 Å². The molecule has 1 saturated carbocycles.